The Bertz CT molecular complexity index is 416. The third-order valence-electron chi connectivity index (χ3n) is 1.86. The van der Waals surface area contributed by atoms with E-state index < -0.39 is 12.1 Å². The van der Waals surface area contributed by atoms with Crippen molar-refractivity contribution in [2.45, 2.75) is 0 Å². The molecule has 0 aliphatic carbocycles. The van der Waals surface area contributed by atoms with Crippen LogP contribution in [0.4, 0.5) is 10.5 Å². The molecule has 0 saturated carbocycles. The van der Waals surface area contributed by atoms with E-state index in [-0.39, 0.29) is 11.3 Å². The molecular formula is C10H11NO5. The second-order valence-corrected chi connectivity index (χ2v) is 2.84. The number of carbonyl (C=O) groups excluding carboxylic acids is 1. The largest absolute Gasteiger partial charge is 0.495 e. The molecule has 1 amide bonds. The van der Waals surface area contributed by atoms with E-state index >= 15 is 0 Å². The van der Waals surface area contributed by atoms with Crippen LogP contribution < -0.4 is 10.1 Å². The van der Waals surface area contributed by atoms with Gasteiger partial charge in [0.2, 0.25) is 0 Å². The van der Waals surface area contributed by atoms with Crippen LogP contribution in [-0.4, -0.2) is 31.4 Å². The first-order valence-corrected chi connectivity index (χ1v) is 4.34. The molecule has 0 aliphatic rings. The van der Waals surface area contributed by atoms with Crippen LogP contribution in [0.2, 0.25) is 0 Å². The van der Waals surface area contributed by atoms with Gasteiger partial charge in [0.1, 0.15) is 5.75 Å². The van der Waals surface area contributed by atoms with E-state index in [1.165, 1.54) is 32.4 Å². The van der Waals surface area contributed by atoms with Crippen LogP contribution in [0.15, 0.2) is 18.2 Å². The molecule has 6 nitrogen and oxygen atoms in total. The number of hydrogen-bond donors (Lipinski definition) is 2. The number of rotatable bonds is 3. The van der Waals surface area contributed by atoms with Crippen molar-refractivity contribution in [3.63, 3.8) is 0 Å². The maximum absolute atomic E-state index is 11.2. The minimum absolute atomic E-state index is 0.193. The lowest BCUT2D eigenvalue weighted by atomic mass is 10.2. The maximum Gasteiger partial charge on any atom is 0.409 e. The topological polar surface area (TPSA) is 84.9 Å². The highest BCUT2D eigenvalue weighted by molar-refractivity contribution is 5.93. The van der Waals surface area contributed by atoms with Gasteiger partial charge in [-0.1, -0.05) is 0 Å². The van der Waals surface area contributed by atoms with Crippen molar-refractivity contribution >= 4 is 17.7 Å². The average molecular weight is 225 g/mol. The van der Waals surface area contributed by atoms with Gasteiger partial charge in [-0.25, -0.2) is 9.59 Å². The Morgan fingerprint density at radius 3 is 2.50 bits per heavy atom. The predicted octanol–water partition coefficient (Wildman–Crippen LogP) is 1.57. The van der Waals surface area contributed by atoms with Crippen molar-refractivity contribution in [1.29, 1.82) is 0 Å². The molecule has 0 unspecified atom stereocenters. The number of amides is 1. The lowest BCUT2D eigenvalue weighted by molar-refractivity contribution is 0.0600. The molecule has 0 fully saturated rings. The van der Waals surface area contributed by atoms with E-state index in [0.29, 0.717) is 5.75 Å². The standard InChI is InChI=1S/C10H11NO5/c1-15-8-4-3-6(9(12)16-2)5-7(8)11-10(13)14/h3-5,11H,1-2H3,(H,13,14). The first-order valence-electron chi connectivity index (χ1n) is 4.34. The molecule has 16 heavy (non-hydrogen) atoms. The van der Waals surface area contributed by atoms with Crippen molar-refractivity contribution in [2.75, 3.05) is 19.5 Å². The van der Waals surface area contributed by atoms with E-state index in [9.17, 15) is 9.59 Å². The Labute approximate surface area is 91.8 Å². The van der Waals surface area contributed by atoms with Crippen molar-refractivity contribution in [3.05, 3.63) is 23.8 Å². The van der Waals surface area contributed by atoms with Gasteiger partial charge < -0.3 is 14.6 Å². The summed E-state index contributed by atoms with van der Waals surface area (Å²) in [6.07, 6.45) is -1.24. The molecule has 0 bridgehead atoms. The zero-order valence-electron chi connectivity index (χ0n) is 8.81. The lowest BCUT2D eigenvalue weighted by Crippen LogP contribution is -2.10. The molecule has 0 aliphatic heterocycles. The van der Waals surface area contributed by atoms with E-state index in [1.807, 2.05) is 0 Å². The Morgan fingerprint density at radius 2 is 2.00 bits per heavy atom. The molecule has 0 radical (unpaired) electrons. The second-order valence-electron chi connectivity index (χ2n) is 2.84. The summed E-state index contributed by atoms with van der Waals surface area (Å²) < 4.78 is 9.45. The molecule has 1 aromatic rings. The highest BCUT2D eigenvalue weighted by atomic mass is 16.5. The lowest BCUT2D eigenvalue weighted by Gasteiger charge is -2.09. The highest BCUT2D eigenvalue weighted by Gasteiger charge is 2.11. The second kappa shape index (κ2) is 5.01. The number of nitrogens with one attached hydrogen (secondary N) is 1. The highest BCUT2D eigenvalue weighted by Crippen LogP contribution is 2.25. The fourth-order valence-electron chi connectivity index (χ4n) is 1.17. The molecule has 86 valence electrons. The molecule has 0 saturated heterocycles. The Hall–Kier alpha value is -2.24. The molecule has 0 atom stereocenters. The van der Waals surface area contributed by atoms with Gasteiger partial charge in [0.15, 0.2) is 0 Å². The number of carbonyl (C=O) groups is 2. The summed E-state index contributed by atoms with van der Waals surface area (Å²) in [4.78, 5) is 21.7. The summed E-state index contributed by atoms with van der Waals surface area (Å²) >= 11 is 0. The molecule has 0 aromatic heterocycles. The summed E-state index contributed by atoms with van der Waals surface area (Å²) in [7, 11) is 2.65. The first kappa shape index (κ1) is 11.8. The Morgan fingerprint density at radius 1 is 1.31 bits per heavy atom. The number of carboxylic acid groups (broad SMARTS) is 1. The van der Waals surface area contributed by atoms with E-state index in [4.69, 9.17) is 9.84 Å². The van der Waals surface area contributed by atoms with Gasteiger partial charge in [-0.2, -0.15) is 0 Å². The average Bonchev–Trinajstić information content (AvgIpc) is 2.27. The summed E-state index contributed by atoms with van der Waals surface area (Å²) in [5, 5.41) is 10.7. The van der Waals surface area contributed by atoms with Crippen molar-refractivity contribution in [3.8, 4) is 5.75 Å². The third kappa shape index (κ3) is 2.63. The van der Waals surface area contributed by atoms with Crippen LogP contribution in [0.1, 0.15) is 10.4 Å². The molecule has 1 rings (SSSR count). The van der Waals surface area contributed by atoms with Gasteiger partial charge in [0.05, 0.1) is 25.5 Å². The van der Waals surface area contributed by atoms with Crippen LogP contribution >= 0.6 is 0 Å². The number of benzene rings is 1. The van der Waals surface area contributed by atoms with Gasteiger partial charge in [-0.3, -0.25) is 5.32 Å². The van der Waals surface area contributed by atoms with E-state index in [0.717, 1.165) is 0 Å². The van der Waals surface area contributed by atoms with Gasteiger partial charge in [0.25, 0.3) is 0 Å². The van der Waals surface area contributed by atoms with Gasteiger partial charge in [0, 0.05) is 0 Å². The SMILES string of the molecule is COC(=O)c1ccc(OC)c(NC(=O)O)c1. The van der Waals surface area contributed by atoms with Gasteiger partial charge in [-0.05, 0) is 18.2 Å². The molecule has 0 spiro atoms. The third-order valence-corrected chi connectivity index (χ3v) is 1.86. The minimum atomic E-state index is -1.24. The fourth-order valence-corrected chi connectivity index (χ4v) is 1.17. The quantitative estimate of drug-likeness (QED) is 0.762. The van der Waals surface area contributed by atoms with Crippen LogP contribution in [0.25, 0.3) is 0 Å². The number of ether oxygens (including phenoxy) is 2. The van der Waals surface area contributed by atoms with Crippen molar-refractivity contribution in [2.24, 2.45) is 0 Å². The normalized spacial score (nSPS) is 9.38. The van der Waals surface area contributed by atoms with E-state index in [1.54, 1.807) is 0 Å². The molecule has 1 aromatic carbocycles. The van der Waals surface area contributed by atoms with Crippen LogP contribution in [-0.2, 0) is 4.74 Å². The fraction of sp³-hybridized carbons (Fsp3) is 0.200. The Balaban J connectivity index is 3.10. The monoisotopic (exact) mass is 225 g/mol. The number of hydrogen-bond acceptors (Lipinski definition) is 4. The maximum atomic E-state index is 11.2. The van der Waals surface area contributed by atoms with Gasteiger partial charge >= 0.3 is 12.1 Å². The molecule has 2 N–H and O–H groups in total. The molecule has 6 heteroatoms. The first-order chi connectivity index (χ1) is 7.58. The minimum Gasteiger partial charge on any atom is -0.495 e. The smallest absolute Gasteiger partial charge is 0.409 e. The number of esters is 1. The van der Waals surface area contributed by atoms with Crippen LogP contribution in [0.5, 0.6) is 5.75 Å². The number of anilines is 1. The summed E-state index contributed by atoms with van der Waals surface area (Å²) in [6.45, 7) is 0. The molecular weight excluding hydrogens is 214 g/mol. The Kier molecular flexibility index (Phi) is 3.71. The zero-order chi connectivity index (χ0) is 12.1. The zero-order valence-corrected chi connectivity index (χ0v) is 8.81. The number of methoxy groups -OCH3 is 2. The van der Waals surface area contributed by atoms with Crippen LogP contribution in [0, 0.1) is 0 Å². The van der Waals surface area contributed by atoms with E-state index in [2.05, 4.69) is 10.1 Å². The summed E-state index contributed by atoms with van der Waals surface area (Å²) in [5.74, 6) is -0.217. The molecule has 0 heterocycles. The summed E-state index contributed by atoms with van der Waals surface area (Å²) in [6, 6.07) is 4.31. The predicted molar refractivity (Wildman–Crippen MR) is 56.0 cm³/mol. The van der Waals surface area contributed by atoms with Crippen molar-refractivity contribution < 1.29 is 24.2 Å². The van der Waals surface area contributed by atoms with Crippen LogP contribution in [0.3, 0.4) is 0 Å². The van der Waals surface area contributed by atoms with Crippen molar-refractivity contribution in [1.82, 2.24) is 0 Å². The summed E-state index contributed by atoms with van der Waals surface area (Å²) in [5.41, 5.74) is 0.435. The van der Waals surface area contributed by atoms with Gasteiger partial charge in [-0.15, -0.1) is 0 Å².